The minimum absolute atomic E-state index is 0.104. The van der Waals surface area contributed by atoms with Crippen molar-refractivity contribution < 1.29 is 13.2 Å². The first-order valence-electron chi connectivity index (χ1n) is 6.55. The largest absolute Gasteiger partial charge is 0.418 e. The number of nitrogens with zero attached hydrogens (tertiary/aromatic N) is 1. The summed E-state index contributed by atoms with van der Waals surface area (Å²) in [6.45, 7) is 0. The summed E-state index contributed by atoms with van der Waals surface area (Å²) in [5.41, 5.74) is -0.203. The summed E-state index contributed by atoms with van der Waals surface area (Å²) >= 11 is 6.18. The van der Waals surface area contributed by atoms with E-state index < -0.39 is 11.7 Å². The molecule has 0 spiro atoms. The van der Waals surface area contributed by atoms with Crippen molar-refractivity contribution in [3.8, 4) is 0 Å². The van der Waals surface area contributed by atoms with Gasteiger partial charge >= 0.3 is 6.18 Å². The summed E-state index contributed by atoms with van der Waals surface area (Å²) in [7, 11) is 0. The molecule has 1 aromatic carbocycles. The summed E-state index contributed by atoms with van der Waals surface area (Å²) in [5, 5.41) is 0.104. The van der Waals surface area contributed by atoms with Crippen LogP contribution in [0.2, 0.25) is 0 Å². The first kappa shape index (κ1) is 13.1. The average Bonchev–Trinajstić information content (AvgIpc) is 2.60. The quantitative estimate of drug-likeness (QED) is 0.691. The Bertz CT molecular complexity index is 460. The van der Waals surface area contributed by atoms with Crippen LogP contribution in [0.15, 0.2) is 24.3 Å². The Labute approximate surface area is 115 Å². The first-order valence-corrected chi connectivity index (χ1v) is 6.99. The van der Waals surface area contributed by atoms with Crippen LogP contribution in [-0.2, 0) is 6.18 Å². The normalized spacial score (nSPS) is 30.7. The van der Waals surface area contributed by atoms with Gasteiger partial charge in [-0.3, -0.25) is 0 Å². The molecule has 2 heterocycles. The van der Waals surface area contributed by atoms with E-state index in [1.807, 2.05) is 4.90 Å². The van der Waals surface area contributed by atoms with Gasteiger partial charge in [0.05, 0.1) is 5.56 Å². The summed E-state index contributed by atoms with van der Waals surface area (Å²) in [6, 6.07) is 6.19. The van der Waals surface area contributed by atoms with Crippen LogP contribution in [0.5, 0.6) is 0 Å². The van der Waals surface area contributed by atoms with Gasteiger partial charge in [-0.2, -0.15) is 13.2 Å². The number of fused-ring (bicyclic) bond motifs is 2. The molecule has 0 radical (unpaired) electrons. The first-order chi connectivity index (χ1) is 8.97. The fraction of sp³-hybridized carbons (Fsp3) is 0.571. The number of alkyl halides is 4. The minimum atomic E-state index is -4.30. The summed E-state index contributed by atoms with van der Waals surface area (Å²) < 4.78 is 39.3. The molecule has 2 aliphatic rings. The highest BCUT2D eigenvalue weighted by Crippen LogP contribution is 2.45. The Hall–Kier alpha value is -0.900. The molecule has 1 nitrogen and oxygen atoms in total. The zero-order valence-corrected chi connectivity index (χ0v) is 11.1. The zero-order valence-electron chi connectivity index (χ0n) is 10.3. The van der Waals surface area contributed by atoms with E-state index in [2.05, 4.69) is 0 Å². The number of rotatable bonds is 1. The molecule has 2 aliphatic heterocycles. The van der Waals surface area contributed by atoms with Gasteiger partial charge in [-0.1, -0.05) is 12.1 Å². The van der Waals surface area contributed by atoms with E-state index in [0.29, 0.717) is 5.69 Å². The van der Waals surface area contributed by atoms with Gasteiger partial charge in [0.1, 0.15) is 0 Å². The molecular weight excluding hydrogens is 275 g/mol. The average molecular weight is 290 g/mol. The van der Waals surface area contributed by atoms with Crippen molar-refractivity contribution in [1.29, 1.82) is 0 Å². The van der Waals surface area contributed by atoms with Gasteiger partial charge in [0.25, 0.3) is 0 Å². The molecule has 0 saturated carbocycles. The van der Waals surface area contributed by atoms with Crippen molar-refractivity contribution in [3.05, 3.63) is 29.8 Å². The molecule has 2 fully saturated rings. The highest BCUT2D eigenvalue weighted by Gasteiger charge is 2.43. The molecule has 0 aliphatic carbocycles. The predicted octanol–water partition coefficient (Wildman–Crippen LogP) is 4.44. The third-order valence-electron chi connectivity index (χ3n) is 4.16. The third-order valence-corrected chi connectivity index (χ3v) is 4.52. The van der Waals surface area contributed by atoms with Crippen molar-refractivity contribution in [2.45, 2.75) is 49.3 Å². The van der Waals surface area contributed by atoms with Crippen LogP contribution < -0.4 is 4.90 Å². The molecule has 2 bridgehead atoms. The Kier molecular flexibility index (Phi) is 3.16. The van der Waals surface area contributed by atoms with Crippen LogP contribution in [0.3, 0.4) is 0 Å². The summed E-state index contributed by atoms with van der Waals surface area (Å²) in [5.74, 6) is 0. The number of benzene rings is 1. The maximum absolute atomic E-state index is 13.1. The van der Waals surface area contributed by atoms with Crippen molar-refractivity contribution in [1.82, 2.24) is 0 Å². The number of hydrogen-bond acceptors (Lipinski definition) is 1. The van der Waals surface area contributed by atoms with Gasteiger partial charge in [-0.05, 0) is 37.8 Å². The second-order valence-electron chi connectivity index (χ2n) is 5.38. The number of halogens is 4. The van der Waals surface area contributed by atoms with Crippen LogP contribution in [0.1, 0.15) is 31.2 Å². The van der Waals surface area contributed by atoms with Gasteiger partial charge in [0.15, 0.2) is 0 Å². The summed E-state index contributed by atoms with van der Waals surface area (Å²) in [4.78, 5) is 1.96. The Morgan fingerprint density at radius 1 is 1.05 bits per heavy atom. The molecule has 0 N–H and O–H groups in total. The minimum Gasteiger partial charge on any atom is -0.365 e. The second kappa shape index (κ2) is 4.58. The van der Waals surface area contributed by atoms with Crippen LogP contribution >= 0.6 is 11.6 Å². The third kappa shape index (κ3) is 2.31. The topological polar surface area (TPSA) is 3.24 Å². The van der Waals surface area contributed by atoms with Crippen molar-refractivity contribution in [3.63, 3.8) is 0 Å². The molecular formula is C14H15ClF3N. The van der Waals surface area contributed by atoms with E-state index in [-0.39, 0.29) is 17.5 Å². The van der Waals surface area contributed by atoms with E-state index in [9.17, 15) is 13.2 Å². The van der Waals surface area contributed by atoms with Crippen LogP contribution in [0.25, 0.3) is 0 Å². The molecule has 0 aromatic heterocycles. The lowest BCUT2D eigenvalue weighted by Gasteiger charge is -2.40. The molecule has 104 valence electrons. The van der Waals surface area contributed by atoms with Crippen LogP contribution in [0.4, 0.5) is 18.9 Å². The van der Waals surface area contributed by atoms with Gasteiger partial charge in [-0.15, -0.1) is 11.6 Å². The van der Waals surface area contributed by atoms with E-state index >= 15 is 0 Å². The highest BCUT2D eigenvalue weighted by molar-refractivity contribution is 6.20. The monoisotopic (exact) mass is 289 g/mol. The fourth-order valence-corrected chi connectivity index (χ4v) is 3.85. The smallest absolute Gasteiger partial charge is 0.365 e. The molecule has 1 aromatic rings. The molecule has 3 rings (SSSR count). The van der Waals surface area contributed by atoms with Gasteiger partial charge in [0, 0.05) is 23.1 Å². The zero-order chi connectivity index (χ0) is 13.6. The summed E-state index contributed by atoms with van der Waals surface area (Å²) in [6.07, 6.45) is -0.845. The predicted molar refractivity (Wildman–Crippen MR) is 69.6 cm³/mol. The van der Waals surface area contributed by atoms with Gasteiger partial charge < -0.3 is 4.90 Å². The Morgan fingerprint density at radius 3 is 2.21 bits per heavy atom. The van der Waals surface area contributed by atoms with E-state index in [1.165, 1.54) is 12.1 Å². The van der Waals surface area contributed by atoms with Gasteiger partial charge in [0.2, 0.25) is 0 Å². The molecule has 2 saturated heterocycles. The van der Waals surface area contributed by atoms with Gasteiger partial charge in [-0.25, -0.2) is 0 Å². The van der Waals surface area contributed by atoms with Crippen molar-refractivity contribution >= 4 is 17.3 Å². The van der Waals surface area contributed by atoms with E-state index in [1.54, 1.807) is 12.1 Å². The number of anilines is 1. The molecule has 5 heteroatoms. The SMILES string of the molecule is FC(F)(F)c1ccccc1N1C2CCC1CC(Cl)C2. The lowest BCUT2D eigenvalue weighted by atomic mass is 9.99. The number of piperidine rings is 1. The molecule has 2 atom stereocenters. The molecule has 2 unspecified atom stereocenters. The maximum Gasteiger partial charge on any atom is 0.418 e. The van der Waals surface area contributed by atoms with Crippen LogP contribution in [-0.4, -0.2) is 17.5 Å². The maximum atomic E-state index is 13.1. The highest BCUT2D eigenvalue weighted by atomic mass is 35.5. The second-order valence-corrected chi connectivity index (χ2v) is 5.99. The Morgan fingerprint density at radius 2 is 1.63 bits per heavy atom. The van der Waals surface area contributed by atoms with E-state index in [4.69, 9.17) is 11.6 Å². The lowest BCUT2D eigenvalue weighted by molar-refractivity contribution is -0.137. The standard InChI is InChI=1S/C14H15ClF3N/c15-9-7-10-5-6-11(8-9)19(10)13-4-2-1-3-12(13)14(16,17)18/h1-4,9-11H,5-8H2. The number of para-hydroxylation sites is 1. The van der Waals surface area contributed by atoms with E-state index in [0.717, 1.165) is 25.7 Å². The van der Waals surface area contributed by atoms with Crippen LogP contribution in [0, 0.1) is 0 Å². The fourth-order valence-electron chi connectivity index (χ4n) is 3.44. The van der Waals surface area contributed by atoms with Crippen molar-refractivity contribution in [2.24, 2.45) is 0 Å². The van der Waals surface area contributed by atoms with Crippen molar-refractivity contribution in [2.75, 3.05) is 4.90 Å². The molecule has 0 amide bonds. The Balaban J connectivity index is 2.00. The lowest BCUT2D eigenvalue weighted by Crippen LogP contribution is -2.44. The number of hydrogen-bond donors (Lipinski definition) is 0. The molecule has 19 heavy (non-hydrogen) atoms.